The van der Waals surface area contributed by atoms with Crippen molar-refractivity contribution in [1.29, 1.82) is 0 Å². The molecule has 0 N–H and O–H groups in total. The van der Waals surface area contributed by atoms with Crippen LogP contribution >= 0.6 is 0 Å². The molecule has 0 aliphatic carbocycles. The molecule has 2 aromatic rings. The smallest absolute Gasteiger partial charge is 0.269 e. The second-order valence-corrected chi connectivity index (χ2v) is 7.31. The first kappa shape index (κ1) is 17.9. The van der Waals surface area contributed by atoms with E-state index < -0.39 is 4.92 Å². The predicted octanol–water partition coefficient (Wildman–Crippen LogP) is 4.79. The van der Waals surface area contributed by atoms with Gasteiger partial charge in [-0.15, -0.1) is 0 Å². The molecule has 0 amide bonds. The van der Waals surface area contributed by atoms with E-state index in [1.807, 2.05) is 0 Å². The Kier molecular flexibility index (Phi) is 4.40. The summed E-state index contributed by atoms with van der Waals surface area (Å²) in [6.45, 7) is 8.53. The number of nitro groups is 1. The number of rotatable bonds is 4. The Morgan fingerprint density at radius 2 is 1.77 bits per heavy atom. The van der Waals surface area contributed by atoms with Gasteiger partial charge < -0.3 is 4.90 Å². The normalized spacial score (nSPS) is 15.2. The van der Waals surface area contributed by atoms with Gasteiger partial charge >= 0.3 is 0 Å². The molecule has 1 aliphatic heterocycles. The molecular weight excluding hydrogens is 328 g/mol. The fourth-order valence-electron chi connectivity index (χ4n) is 3.49. The van der Waals surface area contributed by atoms with E-state index in [0.29, 0.717) is 5.56 Å². The summed E-state index contributed by atoms with van der Waals surface area (Å²) in [5.74, 6) is -0.0625. The molecule has 0 spiro atoms. The Bertz CT molecular complexity index is 911. The first-order chi connectivity index (χ1) is 12.2. The highest BCUT2D eigenvalue weighted by Crippen LogP contribution is 2.39. The quantitative estimate of drug-likeness (QED) is 0.452. The number of carbonyl (C=O) groups is 1. The van der Waals surface area contributed by atoms with Crippen molar-refractivity contribution in [2.24, 2.45) is 0 Å². The van der Waals surface area contributed by atoms with E-state index in [9.17, 15) is 14.9 Å². The number of hydrogen-bond donors (Lipinski definition) is 0. The number of aryl methyl sites for hydroxylation is 1. The summed E-state index contributed by atoms with van der Waals surface area (Å²) in [5, 5.41) is 10.8. The molecule has 0 saturated carbocycles. The molecule has 26 heavy (non-hydrogen) atoms. The van der Waals surface area contributed by atoms with Crippen LogP contribution < -0.4 is 4.90 Å². The van der Waals surface area contributed by atoms with Crippen LogP contribution in [0, 0.1) is 17.0 Å². The van der Waals surface area contributed by atoms with Gasteiger partial charge in [0.05, 0.1) is 17.0 Å². The molecule has 3 rings (SSSR count). The maximum absolute atomic E-state index is 12.8. The molecular formula is C21H22N2O3. The second kappa shape index (κ2) is 6.41. The zero-order valence-electron chi connectivity index (χ0n) is 15.4. The molecule has 5 heteroatoms. The summed E-state index contributed by atoms with van der Waals surface area (Å²) in [6.07, 6.45) is 2.18. The summed E-state index contributed by atoms with van der Waals surface area (Å²) in [4.78, 5) is 25.2. The van der Waals surface area contributed by atoms with Gasteiger partial charge in [0.25, 0.3) is 5.69 Å². The molecule has 1 aliphatic rings. The summed E-state index contributed by atoms with van der Waals surface area (Å²) in [7, 11) is 0. The largest absolute Gasteiger partial charge is 0.355 e. The number of hydrogen-bond acceptors (Lipinski definition) is 4. The third kappa shape index (κ3) is 3.25. The predicted molar refractivity (Wildman–Crippen MR) is 104 cm³/mol. The molecule has 0 radical (unpaired) electrons. The number of non-ortho nitro benzene ring substituents is 1. The van der Waals surface area contributed by atoms with Crippen LogP contribution in [0.5, 0.6) is 0 Å². The number of Topliss-reactive ketones (excluding diaryl/α,β-unsaturated/α-hetero) is 1. The third-order valence-corrected chi connectivity index (χ3v) is 4.83. The van der Waals surface area contributed by atoms with Crippen molar-refractivity contribution in [3.8, 4) is 0 Å². The topological polar surface area (TPSA) is 63.5 Å². The minimum atomic E-state index is -0.464. The number of allylic oxidation sites excluding steroid dienone is 1. The van der Waals surface area contributed by atoms with Crippen molar-refractivity contribution < 1.29 is 9.72 Å². The highest BCUT2D eigenvalue weighted by molar-refractivity contribution is 6.00. The van der Waals surface area contributed by atoms with Gasteiger partial charge in [-0.2, -0.15) is 0 Å². The summed E-state index contributed by atoms with van der Waals surface area (Å²) < 4.78 is 0. The summed E-state index contributed by atoms with van der Waals surface area (Å²) in [6, 6.07) is 12.0. The number of ketones is 1. The van der Waals surface area contributed by atoms with Gasteiger partial charge in [0, 0.05) is 28.9 Å². The Hall–Kier alpha value is -2.95. The molecule has 0 saturated heterocycles. The number of anilines is 1. The number of fused-ring (bicyclic) bond motifs is 1. The average Bonchev–Trinajstić information content (AvgIpc) is 2.58. The first-order valence-electron chi connectivity index (χ1n) is 8.55. The fraction of sp³-hybridized carbons (Fsp3) is 0.286. The molecule has 0 aromatic heterocycles. The van der Waals surface area contributed by atoms with Crippen LogP contribution in [0.1, 0.15) is 42.3 Å². The van der Waals surface area contributed by atoms with Crippen LogP contribution in [0.2, 0.25) is 0 Å². The molecule has 2 aromatic carbocycles. The number of carbonyl (C=O) groups excluding carboxylic acids is 1. The maximum atomic E-state index is 12.8. The van der Waals surface area contributed by atoms with Crippen LogP contribution in [-0.2, 0) is 0 Å². The Morgan fingerprint density at radius 3 is 2.38 bits per heavy atom. The maximum Gasteiger partial charge on any atom is 0.269 e. The van der Waals surface area contributed by atoms with Crippen LogP contribution in [-0.4, -0.2) is 22.8 Å². The lowest BCUT2D eigenvalue weighted by Crippen LogP contribution is -2.47. The lowest BCUT2D eigenvalue weighted by Gasteiger charge is -2.43. The van der Waals surface area contributed by atoms with Crippen molar-refractivity contribution in [1.82, 2.24) is 0 Å². The van der Waals surface area contributed by atoms with Gasteiger partial charge in [0.2, 0.25) is 0 Å². The average molecular weight is 350 g/mol. The number of nitro benzene ring substituents is 1. The second-order valence-electron chi connectivity index (χ2n) is 7.31. The third-order valence-electron chi connectivity index (χ3n) is 4.83. The first-order valence-corrected chi connectivity index (χ1v) is 8.55. The molecule has 134 valence electrons. The molecule has 5 nitrogen and oxygen atoms in total. The number of benzene rings is 2. The highest BCUT2D eigenvalue weighted by Gasteiger charge is 2.32. The Labute approximate surface area is 153 Å². The van der Waals surface area contributed by atoms with E-state index in [1.54, 1.807) is 0 Å². The van der Waals surface area contributed by atoms with Crippen LogP contribution in [0.15, 0.2) is 48.5 Å². The van der Waals surface area contributed by atoms with Crippen LogP contribution in [0.3, 0.4) is 0 Å². The molecule has 1 heterocycles. The van der Waals surface area contributed by atoms with Gasteiger partial charge in [-0.3, -0.25) is 14.9 Å². The van der Waals surface area contributed by atoms with Crippen molar-refractivity contribution in [3.05, 3.63) is 75.3 Å². The molecule has 0 fully saturated rings. The van der Waals surface area contributed by atoms with Crippen LogP contribution in [0.4, 0.5) is 11.4 Å². The van der Waals surface area contributed by atoms with E-state index >= 15 is 0 Å². The minimum Gasteiger partial charge on any atom is -0.355 e. The van der Waals surface area contributed by atoms with E-state index in [-0.39, 0.29) is 23.6 Å². The standard InChI is InChI=1S/C21H22N2O3/c1-14-5-10-19-18(11-14)15(2)12-21(3,4)22(19)13-20(24)16-6-8-17(9-7-16)23(25)26/h5-12H,13H2,1-4H3. The monoisotopic (exact) mass is 350 g/mol. The fourth-order valence-corrected chi connectivity index (χ4v) is 3.49. The molecule has 0 unspecified atom stereocenters. The van der Waals surface area contributed by atoms with E-state index in [2.05, 4.69) is 56.9 Å². The Morgan fingerprint density at radius 1 is 1.12 bits per heavy atom. The van der Waals surface area contributed by atoms with Crippen molar-refractivity contribution in [3.63, 3.8) is 0 Å². The van der Waals surface area contributed by atoms with Gasteiger partial charge in [-0.1, -0.05) is 17.7 Å². The zero-order chi connectivity index (χ0) is 19.1. The zero-order valence-corrected chi connectivity index (χ0v) is 15.4. The van der Waals surface area contributed by atoms with Crippen molar-refractivity contribution in [2.45, 2.75) is 33.2 Å². The lowest BCUT2D eigenvalue weighted by atomic mass is 9.87. The minimum absolute atomic E-state index is 0.0146. The van der Waals surface area contributed by atoms with E-state index in [0.717, 1.165) is 11.3 Å². The molecule has 0 atom stereocenters. The molecule has 0 bridgehead atoms. The number of nitrogens with zero attached hydrogens (tertiary/aromatic N) is 2. The highest BCUT2D eigenvalue weighted by atomic mass is 16.6. The van der Waals surface area contributed by atoms with Gasteiger partial charge in [0.15, 0.2) is 5.78 Å². The van der Waals surface area contributed by atoms with Crippen molar-refractivity contribution in [2.75, 3.05) is 11.4 Å². The van der Waals surface area contributed by atoms with Crippen molar-refractivity contribution >= 4 is 22.7 Å². The Balaban J connectivity index is 1.93. The van der Waals surface area contributed by atoms with E-state index in [1.165, 1.54) is 35.4 Å². The summed E-state index contributed by atoms with van der Waals surface area (Å²) in [5.41, 5.74) is 4.72. The van der Waals surface area contributed by atoms with E-state index in [4.69, 9.17) is 0 Å². The summed E-state index contributed by atoms with van der Waals surface area (Å²) >= 11 is 0. The van der Waals surface area contributed by atoms with Gasteiger partial charge in [0.1, 0.15) is 0 Å². The van der Waals surface area contributed by atoms with Gasteiger partial charge in [-0.05, 0) is 57.5 Å². The SMILES string of the molecule is CC1=CC(C)(C)N(CC(=O)c2ccc([N+](=O)[O-])cc2)c2ccc(C)cc21. The van der Waals surface area contributed by atoms with Gasteiger partial charge in [-0.25, -0.2) is 0 Å². The lowest BCUT2D eigenvalue weighted by molar-refractivity contribution is -0.384. The van der Waals surface area contributed by atoms with Crippen LogP contribution in [0.25, 0.3) is 5.57 Å².